The smallest absolute Gasteiger partial charge is 0.303 e. The molecule has 0 radical (unpaired) electrons. The van der Waals surface area contributed by atoms with E-state index in [1.807, 2.05) is 30.3 Å². The minimum atomic E-state index is -0.866. The standard InChI is InChI=1S/C16H16O4/c17-14(18)8-4-7-12-9-10-13(16(20)15(12)19)11-5-2-1-3-6-11/h1-3,5-6,9-10,19-20H,4,7-8H2,(H,17,18). The van der Waals surface area contributed by atoms with Crippen molar-refractivity contribution in [2.75, 3.05) is 0 Å². The van der Waals surface area contributed by atoms with Gasteiger partial charge in [-0.3, -0.25) is 4.79 Å². The fraction of sp³-hybridized carbons (Fsp3) is 0.188. The lowest BCUT2D eigenvalue weighted by molar-refractivity contribution is -0.137. The number of aliphatic carboxylic acids is 1. The van der Waals surface area contributed by atoms with Crippen molar-refractivity contribution in [3.05, 3.63) is 48.0 Å². The van der Waals surface area contributed by atoms with Gasteiger partial charge in [0.15, 0.2) is 11.5 Å². The van der Waals surface area contributed by atoms with E-state index in [4.69, 9.17) is 5.11 Å². The van der Waals surface area contributed by atoms with Gasteiger partial charge in [0.1, 0.15) is 0 Å². The molecule has 0 aliphatic rings. The van der Waals surface area contributed by atoms with Gasteiger partial charge in [-0.15, -0.1) is 0 Å². The van der Waals surface area contributed by atoms with Crippen molar-refractivity contribution in [1.82, 2.24) is 0 Å². The molecule has 0 bridgehead atoms. The summed E-state index contributed by atoms with van der Waals surface area (Å²) in [5, 5.41) is 28.7. The predicted octanol–water partition coefficient (Wildman–Crippen LogP) is 3.17. The van der Waals surface area contributed by atoms with Gasteiger partial charge in [0, 0.05) is 12.0 Å². The summed E-state index contributed by atoms with van der Waals surface area (Å²) in [5.41, 5.74) is 1.94. The van der Waals surface area contributed by atoms with E-state index in [2.05, 4.69) is 0 Å². The Labute approximate surface area is 116 Å². The third-order valence-corrected chi connectivity index (χ3v) is 3.16. The molecule has 0 aliphatic carbocycles. The number of rotatable bonds is 5. The van der Waals surface area contributed by atoms with Crippen LogP contribution in [0.4, 0.5) is 0 Å². The van der Waals surface area contributed by atoms with Crippen LogP contribution < -0.4 is 0 Å². The van der Waals surface area contributed by atoms with Gasteiger partial charge in [0.2, 0.25) is 0 Å². The van der Waals surface area contributed by atoms with Crippen molar-refractivity contribution in [1.29, 1.82) is 0 Å². The van der Waals surface area contributed by atoms with Gasteiger partial charge in [0.05, 0.1) is 0 Å². The average Bonchev–Trinajstić information content (AvgIpc) is 2.44. The third kappa shape index (κ3) is 3.09. The average molecular weight is 272 g/mol. The Kier molecular flexibility index (Phi) is 4.25. The van der Waals surface area contributed by atoms with E-state index in [-0.39, 0.29) is 17.9 Å². The van der Waals surface area contributed by atoms with E-state index < -0.39 is 5.97 Å². The number of benzene rings is 2. The van der Waals surface area contributed by atoms with Gasteiger partial charge in [-0.2, -0.15) is 0 Å². The summed E-state index contributed by atoms with van der Waals surface area (Å²) < 4.78 is 0. The van der Waals surface area contributed by atoms with Crippen LogP contribution in [0.15, 0.2) is 42.5 Å². The maximum absolute atomic E-state index is 10.5. The summed E-state index contributed by atoms with van der Waals surface area (Å²) in [6.07, 6.45) is 0.883. The molecule has 2 aromatic carbocycles. The van der Waals surface area contributed by atoms with Crippen molar-refractivity contribution < 1.29 is 20.1 Å². The molecule has 0 amide bonds. The summed E-state index contributed by atoms with van der Waals surface area (Å²) in [6, 6.07) is 12.7. The molecule has 2 aromatic rings. The molecule has 0 unspecified atom stereocenters. The van der Waals surface area contributed by atoms with Crippen LogP contribution in [0.2, 0.25) is 0 Å². The Bertz CT molecular complexity index is 605. The van der Waals surface area contributed by atoms with Crippen molar-refractivity contribution in [2.24, 2.45) is 0 Å². The molecule has 2 rings (SSSR count). The van der Waals surface area contributed by atoms with Gasteiger partial charge in [-0.25, -0.2) is 0 Å². The van der Waals surface area contributed by atoms with Crippen molar-refractivity contribution in [3.63, 3.8) is 0 Å². The van der Waals surface area contributed by atoms with Gasteiger partial charge in [0.25, 0.3) is 0 Å². The number of aromatic hydroxyl groups is 2. The van der Waals surface area contributed by atoms with Crippen LogP contribution in [-0.4, -0.2) is 21.3 Å². The summed E-state index contributed by atoms with van der Waals surface area (Å²) in [4.78, 5) is 10.5. The molecular weight excluding hydrogens is 256 g/mol. The highest BCUT2D eigenvalue weighted by atomic mass is 16.4. The molecule has 4 nitrogen and oxygen atoms in total. The fourth-order valence-corrected chi connectivity index (χ4v) is 2.10. The first-order valence-electron chi connectivity index (χ1n) is 6.40. The normalized spacial score (nSPS) is 10.4. The molecule has 0 spiro atoms. The van der Waals surface area contributed by atoms with Gasteiger partial charge < -0.3 is 15.3 Å². The van der Waals surface area contributed by atoms with Crippen LogP contribution in [0, 0.1) is 0 Å². The second-order valence-electron chi connectivity index (χ2n) is 4.58. The molecule has 0 aromatic heterocycles. The third-order valence-electron chi connectivity index (χ3n) is 3.16. The zero-order valence-corrected chi connectivity index (χ0v) is 10.9. The first-order valence-corrected chi connectivity index (χ1v) is 6.40. The molecular formula is C16H16O4. The summed E-state index contributed by atoms with van der Waals surface area (Å²) in [6.45, 7) is 0. The summed E-state index contributed by atoms with van der Waals surface area (Å²) >= 11 is 0. The number of phenols is 2. The van der Waals surface area contributed by atoms with E-state index in [0.29, 0.717) is 24.0 Å². The Morgan fingerprint density at radius 1 is 0.950 bits per heavy atom. The molecule has 20 heavy (non-hydrogen) atoms. The minimum Gasteiger partial charge on any atom is -0.504 e. The number of carbonyl (C=O) groups is 1. The summed E-state index contributed by atoms with van der Waals surface area (Å²) in [5.74, 6) is -1.20. The summed E-state index contributed by atoms with van der Waals surface area (Å²) in [7, 11) is 0. The van der Waals surface area contributed by atoms with Gasteiger partial charge in [-0.1, -0.05) is 42.5 Å². The van der Waals surface area contributed by atoms with E-state index in [1.54, 1.807) is 12.1 Å². The zero-order valence-electron chi connectivity index (χ0n) is 10.9. The number of phenolic OH excluding ortho intramolecular Hbond substituents is 2. The highest BCUT2D eigenvalue weighted by Crippen LogP contribution is 2.39. The molecule has 3 N–H and O–H groups in total. The van der Waals surface area contributed by atoms with Crippen molar-refractivity contribution in [2.45, 2.75) is 19.3 Å². The first-order chi connectivity index (χ1) is 9.59. The van der Waals surface area contributed by atoms with Crippen LogP contribution >= 0.6 is 0 Å². The van der Waals surface area contributed by atoms with Crippen LogP contribution in [0.1, 0.15) is 18.4 Å². The number of hydrogen-bond donors (Lipinski definition) is 3. The highest BCUT2D eigenvalue weighted by Gasteiger charge is 2.13. The van der Waals surface area contributed by atoms with Gasteiger partial charge in [-0.05, 0) is 24.0 Å². The van der Waals surface area contributed by atoms with E-state index in [1.165, 1.54) is 0 Å². The largest absolute Gasteiger partial charge is 0.504 e. The van der Waals surface area contributed by atoms with Gasteiger partial charge >= 0.3 is 5.97 Å². The van der Waals surface area contributed by atoms with Crippen LogP contribution in [-0.2, 0) is 11.2 Å². The number of carboxylic acid groups (broad SMARTS) is 1. The fourth-order valence-electron chi connectivity index (χ4n) is 2.10. The van der Waals surface area contributed by atoms with Crippen LogP contribution in [0.3, 0.4) is 0 Å². The minimum absolute atomic E-state index is 0.0423. The molecule has 0 atom stereocenters. The van der Waals surface area contributed by atoms with Crippen molar-refractivity contribution in [3.8, 4) is 22.6 Å². The SMILES string of the molecule is O=C(O)CCCc1ccc(-c2ccccc2)c(O)c1O. The van der Waals surface area contributed by atoms with E-state index >= 15 is 0 Å². The first kappa shape index (κ1) is 13.9. The number of aryl methyl sites for hydroxylation is 1. The molecule has 4 heteroatoms. The maximum atomic E-state index is 10.5. The van der Waals surface area contributed by atoms with Crippen molar-refractivity contribution >= 4 is 5.97 Å². The predicted molar refractivity (Wildman–Crippen MR) is 75.8 cm³/mol. The topological polar surface area (TPSA) is 77.8 Å². The Morgan fingerprint density at radius 3 is 2.30 bits per heavy atom. The number of carboxylic acids is 1. The second-order valence-corrected chi connectivity index (χ2v) is 4.58. The monoisotopic (exact) mass is 272 g/mol. The second kappa shape index (κ2) is 6.10. The van der Waals surface area contributed by atoms with E-state index in [0.717, 1.165) is 5.56 Å². The molecule has 0 aliphatic heterocycles. The molecule has 104 valence electrons. The van der Waals surface area contributed by atoms with Crippen LogP contribution in [0.25, 0.3) is 11.1 Å². The Morgan fingerprint density at radius 2 is 1.65 bits per heavy atom. The molecule has 0 fully saturated rings. The quantitative estimate of drug-likeness (QED) is 0.730. The van der Waals surface area contributed by atoms with E-state index in [9.17, 15) is 15.0 Å². The van der Waals surface area contributed by atoms with Crippen LogP contribution in [0.5, 0.6) is 11.5 Å². The lowest BCUT2D eigenvalue weighted by atomic mass is 9.99. The number of hydrogen-bond acceptors (Lipinski definition) is 3. The molecule has 0 saturated carbocycles. The lowest BCUT2D eigenvalue weighted by Crippen LogP contribution is -1.96. The lowest BCUT2D eigenvalue weighted by Gasteiger charge is -2.10. The Balaban J connectivity index is 2.23. The molecule has 0 heterocycles. The Hall–Kier alpha value is -2.49. The highest BCUT2D eigenvalue weighted by molar-refractivity contribution is 5.74. The molecule has 0 saturated heterocycles. The maximum Gasteiger partial charge on any atom is 0.303 e. The zero-order chi connectivity index (χ0) is 14.5.